The van der Waals surface area contributed by atoms with Gasteiger partial charge in [0.25, 0.3) is 0 Å². The number of aryl methyl sites for hydroxylation is 1. The normalized spacial score (nSPS) is 10.9. The fourth-order valence-electron chi connectivity index (χ4n) is 2.29. The van der Waals surface area contributed by atoms with E-state index in [1.54, 1.807) is 36.6 Å². The number of esters is 1. The predicted molar refractivity (Wildman–Crippen MR) is 81.3 cm³/mol. The molecule has 0 aliphatic carbocycles. The third-order valence-corrected chi connectivity index (χ3v) is 3.43. The van der Waals surface area contributed by atoms with Gasteiger partial charge < -0.3 is 9.14 Å². The molecule has 0 fully saturated rings. The van der Waals surface area contributed by atoms with Crippen molar-refractivity contribution in [3.63, 3.8) is 0 Å². The number of rotatable bonds is 3. The third-order valence-electron chi connectivity index (χ3n) is 3.43. The summed E-state index contributed by atoms with van der Waals surface area (Å²) < 4.78 is 20.1. The van der Waals surface area contributed by atoms with Crippen molar-refractivity contribution >= 4 is 11.6 Å². The van der Waals surface area contributed by atoms with Crippen LogP contribution in [0.1, 0.15) is 23.0 Å². The Labute approximate surface area is 127 Å². The molecule has 2 heterocycles. The molecular weight excluding hydrogens is 283 g/mol. The van der Waals surface area contributed by atoms with Crippen LogP contribution in [0.5, 0.6) is 0 Å². The van der Waals surface area contributed by atoms with Gasteiger partial charge in [0.05, 0.1) is 6.61 Å². The van der Waals surface area contributed by atoms with Gasteiger partial charge in [0.2, 0.25) is 0 Å². The minimum Gasteiger partial charge on any atom is -0.461 e. The molecule has 0 bridgehead atoms. The summed E-state index contributed by atoms with van der Waals surface area (Å²) >= 11 is 0. The lowest BCUT2D eigenvalue weighted by molar-refractivity contribution is 0.0520. The molecule has 3 rings (SSSR count). The first-order valence-electron chi connectivity index (χ1n) is 7.01. The molecule has 0 aliphatic heterocycles. The van der Waals surface area contributed by atoms with Crippen molar-refractivity contribution in [3.8, 4) is 11.1 Å². The molecule has 0 saturated heterocycles. The number of ether oxygens (including phenoxy) is 1. The minimum atomic E-state index is -0.439. The van der Waals surface area contributed by atoms with Crippen LogP contribution in [0, 0.1) is 12.7 Å². The molecule has 0 aliphatic rings. The summed E-state index contributed by atoms with van der Waals surface area (Å²) in [4.78, 5) is 15.9. The number of benzene rings is 1. The summed E-state index contributed by atoms with van der Waals surface area (Å²) in [5, 5.41) is 0. The lowest BCUT2D eigenvalue weighted by atomic mass is 10.1. The van der Waals surface area contributed by atoms with Gasteiger partial charge in [0.1, 0.15) is 11.5 Å². The van der Waals surface area contributed by atoms with E-state index >= 15 is 0 Å². The van der Waals surface area contributed by atoms with Gasteiger partial charge in [-0.25, -0.2) is 14.2 Å². The van der Waals surface area contributed by atoms with E-state index in [0.29, 0.717) is 17.8 Å². The molecule has 0 saturated carbocycles. The second-order valence-corrected chi connectivity index (χ2v) is 4.99. The van der Waals surface area contributed by atoms with Gasteiger partial charge in [-0.1, -0.05) is 6.07 Å². The highest BCUT2D eigenvalue weighted by Crippen LogP contribution is 2.22. The van der Waals surface area contributed by atoms with Crippen molar-refractivity contribution in [1.82, 2.24) is 9.38 Å². The van der Waals surface area contributed by atoms with Crippen LogP contribution < -0.4 is 0 Å². The van der Waals surface area contributed by atoms with Crippen LogP contribution in [0.3, 0.4) is 0 Å². The second kappa shape index (κ2) is 5.60. The number of carbonyl (C=O) groups is 1. The molecule has 2 aromatic heterocycles. The van der Waals surface area contributed by atoms with Gasteiger partial charge in [-0.15, -0.1) is 0 Å². The Morgan fingerprint density at radius 1 is 1.23 bits per heavy atom. The maximum absolute atomic E-state index is 13.4. The standard InChI is InChI=1S/C17H15FN2O2/c1-3-22-17(21)15-10-20-9-13(5-7-16(20)19-15)12-4-6-14(18)11(2)8-12/h4-10H,3H2,1-2H3. The monoisotopic (exact) mass is 298 g/mol. The number of carbonyl (C=O) groups excluding carboxylic acids is 1. The van der Waals surface area contributed by atoms with Crippen molar-refractivity contribution in [2.24, 2.45) is 0 Å². The van der Waals surface area contributed by atoms with E-state index < -0.39 is 5.97 Å². The van der Waals surface area contributed by atoms with Crippen LogP contribution in [-0.4, -0.2) is 22.0 Å². The molecule has 0 atom stereocenters. The van der Waals surface area contributed by atoms with Crippen LogP contribution in [-0.2, 0) is 4.74 Å². The van der Waals surface area contributed by atoms with Crippen LogP contribution in [0.15, 0.2) is 42.7 Å². The van der Waals surface area contributed by atoms with Crippen LogP contribution in [0.25, 0.3) is 16.8 Å². The Morgan fingerprint density at radius 2 is 2.00 bits per heavy atom. The molecule has 112 valence electrons. The number of fused-ring (bicyclic) bond motifs is 1. The van der Waals surface area contributed by atoms with E-state index in [1.807, 2.05) is 18.3 Å². The smallest absolute Gasteiger partial charge is 0.358 e. The van der Waals surface area contributed by atoms with Crippen molar-refractivity contribution in [1.29, 1.82) is 0 Å². The topological polar surface area (TPSA) is 43.6 Å². The number of hydrogen-bond acceptors (Lipinski definition) is 3. The molecular formula is C17H15FN2O2. The van der Waals surface area contributed by atoms with Gasteiger partial charge >= 0.3 is 5.97 Å². The largest absolute Gasteiger partial charge is 0.461 e. The lowest BCUT2D eigenvalue weighted by Gasteiger charge is -2.04. The van der Waals surface area contributed by atoms with Gasteiger partial charge in [0, 0.05) is 12.4 Å². The van der Waals surface area contributed by atoms with E-state index in [2.05, 4.69) is 4.98 Å². The average Bonchev–Trinajstić information content (AvgIpc) is 2.93. The number of halogens is 1. The van der Waals surface area contributed by atoms with Crippen LogP contribution in [0.2, 0.25) is 0 Å². The molecule has 0 N–H and O–H groups in total. The second-order valence-electron chi connectivity index (χ2n) is 4.99. The molecule has 0 amide bonds. The number of hydrogen-bond donors (Lipinski definition) is 0. The quantitative estimate of drug-likeness (QED) is 0.694. The first-order valence-corrected chi connectivity index (χ1v) is 7.01. The van der Waals surface area contributed by atoms with E-state index in [4.69, 9.17) is 4.74 Å². The van der Waals surface area contributed by atoms with E-state index in [1.165, 1.54) is 6.07 Å². The highest BCUT2D eigenvalue weighted by atomic mass is 19.1. The first kappa shape index (κ1) is 14.3. The van der Waals surface area contributed by atoms with Crippen molar-refractivity contribution in [2.75, 3.05) is 6.61 Å². The van der Waals surface area contributed by atoms with Crippen molar-refractivity contribution < 1.29 is 13.9 Å². The van der Waals surface area contributed by atoms with Gasteiger partial charge in [0.15, 0.2) is 5.69 Å². The number of pyridine rings is 1. The van der Waals surface area contributed by atoms with Gasteiger partial charge in [-0.2, -0.15) is 0 Å². The van der Waals surface area contributed by atoms with Crippen molar-refractivity contribution in [3.05, 3.63) is 59.8 Å². The van der Waals surface area contributed by atoms with E-state index in [-0.39, 0.29) is 11.5 Å². The fourth-order valence-corrected chi connectivity index (χ4v) is 2.29. The van der Waals surface area contributed by atoms with Gasteiger partial charge in [-0.3, -0.25) is 0 Å². The SMILES string of the molecule is CCOC(=O)c1cn2cc(-c3ccc(F)c(C)c3)ccc2n1. The summed E-state index contributed by atoms with van der Waals surface area (Å²) in [6.45, 7) is 3.79. The zero-order valence-electron chi connectivity index (χ0n) is 12.3. The zero-order chi connectivity index (χ0) is 15.7. The molecule has 22 heavy (non-hydrogen) atoms. The van der Waals surface area contributed by atoms with Gasteiger partial charge in [-0.05, 0) is 54.8 Å². The molecule has 4 nitrogen and oxygen atoms in total. The Hall–Kier alpha value is -2.69. The summed E-state index contributed by atoms with van der Waals surface area (Å²) in [7, 11) is 0. The maximum Gasteiger partial charge on any atom is 0.358 e. The van der Waals surface area contributed by atoms with E-state index in [0.717, 1.165) is 11.1 Å². The summed E-state index contributed by atoms with van der Waals surface area (Å²) in [5.41, 5.74) is 3.35. The number of imidazole rings is 1. The summed E-state index contributed by atoms with van der Waals surface area (Å²) in [5.74, 6) is -0.664. The molecule has 5 heteroatoms. The molecule has 1 aromatic carbocycles. The Morgan fingerprint density at radius 3 is 2.73 bits per heavy atom. The summed E-state index contributed by atoms with van der Waals surface area (Å²) in [6.07, 6.45) is 3.49. The zero-order valence-corrected chi connectivity index (χ0v) is 12.3. The minimum absolute atomic E-state index is 0.225. The number of aromatic nitrogens is 2. The lowest BCUT2D eigenvalue weighted by Crippen LogP contribution is -2.04. The van der Waals surface area contributed by atoms with Crippen LogP contribution in [0.4, 0.5) is 4.39 Å². The van der Waals surface area contributed by atoms with Crippen molar-refractivity contribution in [2.45, 2.75) is 13.8 Å². The van der Waals surface area contributed by atoms with E-state index in [9.17, 15) is 9.18 Å². The number of nitrogens with zero attached hydrogens (tertiary/aromatic N) is 2. The Kier molecular flexibility index (Phi) is 3.63. The molecule has 3 aromatic rings. The highest BCUT2D eigenvalue weighted by Gasteiger charge is 2.12. The molecule has 0 radical (unpaired) electrons. The molecule has 0 unspecified atom stereocenters. The predicted octanol–water partition coefficient (Wildman–Crippen LogP) is 3.63. The third kappa shape index (κ3) is 2.57. The maximum atomic E-state index is 13.4. The average molecular weight is 298 g/mol. The highest BCUT2D eigenvalue weighted by molar-refractivity contribution is 5.88. The van der Waals surface area contributed by atoms with Crippen LogP contribution >= 0.6 is 0 Å². The fraction of sp³-hybridized carbons (Fsp3) is 0.176. The molecule has 0 spiro atoms. The first-order chi connectivity index (χ1) is 10.6. The Balaban J connectivity index is 2.02. The Bertz CT molecular complexity index is 855. The summed E-state index contributed by atoms with van der Waals surface area (Å²) in [6, 6.07) is 8.68.